The van der Waals surface area contributed by atoms with Gasteiger partial charge in [-0.05, 0) is 60.0 Å². The minimum absolute atomic E-state index is 0.216. The molecule has 0 spiro atoms. The maximum atomic E-state index is 13.0. The Kier molecular flexibility index (Phi) is 8.47. The molecule has 0 radical (unpaired) electrons. The van der Waals surface area contributed by atoms with Gasteiger partial charge < -0.3 is 29.0 Å². The summed E-state index contributed by atoms with van der Waals surface area (Å²) < 4.78 is 33.7. The normalized spacial score (nSPS) is 21.1. The number of hydrogen-bond donors (Lipinski definition) is 1. The smallest absolute Gasteiger partial charge is 0.256 e. The van der Waals surface area contributed by atoms with Gasteiger partial charge in [-0.15, -0.1) is 0 Å². The van der Waals surface area contributed by atoms with Gasteiger partial charge in [0.2, 0.25) is 0 Å². The Morgan fingerprint density at radius 1 is 0.843 bits per heavy atom. The zero-order valence-electron chi connectivity index (χ0n) is 28.4. The van der Waals surface area contributed by atoms with Crippen molar-refractivity contribution < 1.29 is 28.5 Å². The molecule has 11 nitrogen and oxygen atoms in total. The fourth-order valence-electron chi connectivity index (χ4n) is 7.22. The molecule has 4 atom stereocenters. The lowest BCUT2D eigenvalue weighted by molar-refractivity contribution is -0.227. The number of nitrogens with one attached hydrogen (secondary N) is 1. The second-order valence-corrected chi connectivity index (χ2v) is 12.8. The van der Waals surface area contributed by atoms with Crippen LogP contribution in [0.5, 0.6) is 11.5 Å². The van der Waals surface area contributed by atoms with E-state index in [1.807, 2.05) is 96.4 Å². The molecule has 258 valence electrons. The predicted molar refractivity (Wildman–Crippen MR) is 190 cm³/mol. The second-order valence-electron chi connectivity index (χ2n) is 12.8. The summed E-state index contributed by atoms with van der Waals surface area (Å²) in [4.78, 5) is 26.4. The zero-order valence-corrected chi connectivity index (χ0v) is 28.4. The number of rotatable bonds is 11. The molecule has 4 heterocycles. The highest BCUT2D eigenvalue weighted by Gasteiger charge is 2.60. The molecule has 2 aliphatic heterocycles. The third-order valence-electron chi connectivity index (χ3n) is 9.95. The number of methoxy groups -OCH3 is 2. The average molecular weight is 684 g/mol. The maximum Gasteiger partial charge on any atom is 0.256 e. The van der Waals surface area contributed by atoms with Crippen molar-refractivity contribution in [3.05, 3.63) is 144 Å². The fraction of sp³-hybridized carbons (Fsp3) is 0.250. The molecule has 2 aliphatic rings. The van der Waals surface area contributed by atoms with Gasteiger partial charge in [-0.3, -0.25) is 9.36 Å². The van der Waals surface area contributed by atoms with E-state index in [1.165, 1.54) is 6.33 Å². The number of benzene rings is 4. The van der Waals surface area contributed by atoms with Crippen LogP contribution in [0.4, 0.5) is 5.82 Å². The van der Waals surface area contributed by atoms with Crippen LogP contribution < -0.4 is 14.8 Å². The molecule has 8 rings (SSSR count). The van der Waals surface area contributed by atoms with Crippen LogP contribution in [0.25, 0.3) is 11.2 Å². The van der Waals surface area contributed by atoms with Gasteiger partial charge in [0.1, 0.15) is 35.1 Å². The zero-order chi connectivity index (χ0) is 35.0. The summed E-state index contributed by atoms with van der Waals surface area (Å²) in [5.74, 6) is 1.52. The van der Waals surface area contributed by atoms with Crippen molar-refractivity contribution in [2.75, 3.05) is 26.1 Å². The molecule has 2 bridgehead atoms. The van der Waals surface area contributed by atoms with Crippen LogP contribution >= 0.6 is 0 Å². The lowest BCUT2D eigenvalue weighted by atomic mass is 9.79. The minimum atomic E-state index is -1.02. The molecule has 4 aromatic carbocycles. The molecule has 51 heavy (non-hydrogen) atoms. The molecule has 1 N–H and O–H groups in total. The molecule has 2 fully saturated rings. The highest BCUT2D eigenvalue weighted by molar-refractivity contribution is 6.06. The molecule has 0 saturated carbocycles. The number of imidazole rings is 1. The van der Waals surface area contributed by atoms with E-state index >= 15 is 0 Å². The molecule has 2 saturated heterocycles. The number of aromatic nitrogens is 4. The first-order valence-corrected chi connectivity index (χ1v) is 16.8. The van der Waals surface area contributed by atoms with Gasteiger partial charge in [-0.1, -0.05) is 72.8 Å². The summed E-state index contributed by atoms with van der Waals surface area (Å²) in [6, 6.07) is 35.1. The van der Waals surface area contributed by atoms with Crippen molar-refractivity contribution in [1.29, 1.82) is 0 Å². The van der Waals surface area contributed by atoms with Gasteiger partial charge in [0.25, 0.3) is 5.91 Å². The Hall–Kier alpha value is -5.62. The average Bonchev–Trinajstić information content (AvgIpc) is 3.88. The predicted octanol–water partition coefficient (Wildman–Crippen LogP) is 6.55. The van der Waals surface area contributed by atoms with E-state index in [0.29, 0.717) is 29.0 Å². The molecule has 2 aromatic heterocycles. The molecular formula is C40H37N5O6. The number of nitrogens with zero attached hydrogens (tertiary/aromatic N) is 4. The lowest BCUT2D eigenvalue weighted by Crippen LogP contribution is -2.48. The Labute approximate surface area is 295 Å². The summed E-state index contributed by atoms with van der Waals surface area (Å²) in [5.41, 5.74) is 2.49. The van der Waals surface area contributed by atoms with Crippen LogP contribution in [0.3, 0.4) is 0 Å². The Bertz CT molecular complexity index is 2100. The Morgan fingerprint density at radius 3 is 2.08 bits per heavy atom. The van der Waals surface area contributed by atoms with Crippen LogP contribution in [0.2, 0.25) is 0 Å². The molecule has 4 unspecified atom stereocenters. The molecule has 6 aromatic rings. The standard InChI is InChI=1S/C40H37N5O6/c1-26-39(22-33(50-26)38(51-39)45-25-43-34-35(41-24-42-36(34)45)44-37(46)27-10-6-4-7-11-27)23-49-40(28-12-8-5-9-13-28,29-14-18-31(47-2)19-15-29)30-16-20-32(48-3)21-17-30/h4-21,24-26,33,38H,22-23H2,1-3H3,(H,41,42,44,46). The van der Waals surface area contributed by atoms with Gasteiger partial charge in [0, 0.05) is 12.0 Å². The molecule has 1 amide bonds. The minimum Gasteiger partial charge on any atom is -0.497 e. The van der Waals surface area contributed by atoms with Crippen LogP contribution in [0.15, 0.2) is 122 Å². The first kappa shape index (κ1) is 32.6. The summed E-state index contributed by atoms with van der Waals surface area (Å²) >= 11 is 0. The number of hydrogen-bond acceptors (Lipinski definition) is 9. The summed E-state index contributed by atoms with van der Waals surface area (Å²) in [5, 5.41) is 2.88. The van der Waals surface area contributed by atoms with Crippen molar-refractivity contribution >= 4 is 22.9 Å². The summed E-state index contributed by atoms with van der Waals surface area (Å²) in [6.07, 6.45) is 2.59. The van der Waals surface area contributed by atoms with Gasteiger partial charge in [0.15, 0.2) is 23.2 Å². The third kappa shape index (κ3) is 5.69. The highest BCUT2D eigenvalue weighted by Crippen LogP contribution is 2.51. The van der Waals surface area contributed by atoms with Gasteiger partial charge in [-0.2, -0.15) is 0 Å². The first-order valence-electron chi connectivity index (χ1n) is 16.8. The second kappa shape index (κ2) is 13.3. The van der Waals surface area contributed by atoms with E-state index in [9.17, 15) is 4.79 Å². The van der Waals surface area contributed by atoms with Crippen molar-refractivity contribution in [3.63, 3.8) is 0 Å². The van der Waals surface area contributed by atoms with Crippen LogP contribution in [-0.4, -0.2) is 64.1 Å². The van der Waals surface area contributed by atoms with Crippen LogP contribution in [0, 0.1) is 0 Å². The fourth-order valence-corrected chi connectivity index (χ4v) is 7.22. The van der Waals surface area contributed by atoms with Gasteiger partial charge in [0.05, 0.1) is 33.3 Å². The van der Waals surface area contributed by atoms with Crippen molar-refractivity contribution in [1.82, 2.24) is 19.5 Å². The number of amides is 1. The van der Waals surface area contributed by atoms with Crippen molar-refractivity contribution in [2.45, 2.75) is 43.0 Å². The van der Waals surface area contributed by atoms with Crippen molar-refractivity contribution in [2.24, 2.45) is 0 Å². The van der Waals surface area contributed by atoms with E-state index in [-0.39, 0.29) is 24.7 Å². The monoisotopic (exact) mass is 683 g/mol. The molecule has 0 aliphatic carbocycles. The van der Waals surface area contributed by atoms with Gasteiger partial charge in [-0.25, -0.2) is 15.0 Å². The number of anilines is 1. The lowest BCUT2D eigenvalue weighted by Gasteiger charge is -2.41. The Balaban J connectivity index is 1.13. The maximum absolute atomic E-state index is 13.0. The van der Waals surface area contributed by atoms with E-state index in [1.54, 1.807) is 32.7 Å². The van der Waals surface area contributed by atoms with Crippen LogP contribution in [0.1, 0.15) is 46.6 Å². The number of carbonyl (C=O) groups excluding carboxylic acids is 1. The third-order valence-corrected chi connectivity index (χ3v) is 9.95. The van der Waals surface area contributed by atoms with E-state index < -0.39 is 17.4 Å². The van der Waals surface area contributed by atoms with E-state index in [2.05, 4.69) is 32.4 Å². The van der Waals surface area contributed by atoms with E-state index in [4.69, 9.17) is 23.7 Å². The number of carbonyl (C=O) groups is 1. The van der Waals surface area contributed by atoms with Crippen molar-refractivity contribution in [3.8, 4) is 11.5 Å². The quantitative estimate of drug-likeness (QED) is 0.152. The SMILES string of the molecule is COc1ccc(C(OCC23CC(OC2C)C(n2cnc4c(NC(=O)c5ccccc5)ncnc42)O3)(c2ccccc2)c2ccc(OC)cc2)cc1. The molecular weight excluding hydrogens is 646 g/mol. The van der Waals surface area contributed by atoms with E-state index in [0.717, 1.165) is 28.2 Å². The Morgan fingerprint density at radius 2 is 1.45 bits per heavy atom. The topological polar surface area (TPSA) is 119 Å². The largest absolute Gasteiger partial charge is 0.497 e. The first-order chi connectivity index (χ1) is 24.9. The number of fused-ring (bicyclic) bond motifs is 3. The highest BCUT2D eigenvalue weighted by atomic mass is 16.6. The molecule has 11 heteroatoms. The number of ether oxygens (including phenoxy) is 5. The summed E-state index contributed by atoms with van der Waals surface area (Å²) in [6.45, 7) is 2.24. The van der Waals surface area contributed by atoms with Gasteiger partial charge >= 0.3 is 0 Å². The van der Waals surface area contributed by atoms with Crippen LogP contribution in [-0.2, 0) is 19.8 Å². The summed E-state index contributed by atoms with van der Waals surface area (Å²) in [7, 11) is 3.31.